The number of pyridine rings is 1. The van der Waals surface area contributed by atoms with Crippen molar-refractivity contribution in [1.82, 2.24) is 19.4 Å². The van der Waals surface area contributed by atoms with Gasteiger partial charge in [-0.3, -0.25) is 9.69 Å². The monoisotopic (exact) mass is 393 g/mol. The number of fused-ring (bicyclic) bond motifs is 1. The third kappa shape index (κ3) is 4.40. The van der Waals surface area contributed by atoms with E-state index in [0.29, 0.717) is 5.88 Å². The Morgan fingerprint density at radius 2 is 1.86 bits per heavy atom. The van der Waals surface area contributed by atoms with Crippen molar-refractivity contribution in [1.29, 1.82) is 0 Å². The zero-order valence-corrected chi connectivity index (χ0v) is 17.2. The van der Waals surface area contributed by atoms with Gasteiger partial charge in [0.2, 0.25) is 5.88 Å². The number of rotatable bonds is 5. The molecule has 0 radical (unpaired) electrons. The molecule has 4 rings (SSSR count). The van der Waals surface area contributed by atoms with E-state index >= 15 is 0 Å². The van der Waals surface area contributed by atoms with E-state index < -0.39 is 0 Å². The lowest BCUT2D eigenvalue weighted by Gasteiger charge is -2.36. The molecular weight excluding hydrogens is 366 g/mol. The summed E-state index contributed by atoms with van der Waals surface area (Å²) in [7, 11) is 1.77. The Hall–Kier alpha value is -2.93. The van der Waals surface area contributed by atoms with E-state index in [0.717, 1.165) is 54.9 Å². The minimum atomic E-state index is 0.0407. The molecule has 1 aliphatic rings. The lowest BCUT2D eigenvalue weighted by atomic mass is 10.1. The summed E-state index contributed by atoms with van der Waals surface area (Å²) in [6.45, 7) is 8.58. The van der Waals surface area contributed by atoms with Gasteiger partial charge in [0.25, 0.3) is 5.56 Å². The van der Waals surface area contributed by atoms with Gasteiger partial charge in [0.15, 0.2) is 0 Å². The van der Waals surface area contributed by atoms with Gasteiger partial charge >= 0.3 is 0 Å². The van der Waals surface area contributed by atoms with Crippen molar-refractivity contribution in [3.05, 3.63) is 58.8 Å². The predicted molar refractivity (Wildman–Crippen MR) is 114 cm³/mol. The van der Waals surface area contributed by atoms with Crippen molar-refractivity contribution in [2.45, 2.75) is 26.5 Å². The van der Waals surface area contributed by atoms with Gasteiger partial charge in [0.05, 0.1) is 17.0 Å². The first-order chi connectivity index (χ1) is 14.0. The number of hydrogen-bond donors (Lipinski definition) is 0. The zero-order chi connectivity index (χ0) is 20.4. The van der Waals surface area contributed by atoms with E-state index in [2.05, 4.69) is 31.9 Å². The van der Waals surface area contributed by atoms with Crippen LogP contribution in [0.1, 0.15) is 19.4 Å². The van der Waals surface area contributed by atoms with E-state index in [-0.39, 0.29) is 11.7 Å². The summed E-state index contributed by atoms with van der Waals surface area (Å²) in [6, 6.07) is 10.0. The summed E-state index contributed by atoms with van der Waals surface area (Å²) in [5, 5.41) is 0.946. The SMILES string of the molecule is CC(C)Oc1ncnc2ccc(N3CCN(Cc4ccn(C)c(=O)c4)CC3)cc12. The molecule has 152 valence electrons. The van der Waals surface area contributed by atoms with Crippen LogP contribution in [0.5, 0.6) is 5.88 Å². The van der Waals surface area contributed by atoms with Gasteiger partial charge in [-0.1, -0.05) is 0 Å². The van der Waals surface area contributed by atoms with Crippen LogP contribution in [0.25, 0.3) is 10.9 Å². The summed E-state index contributed by atoms with van der Waals surface area (Å²) in [6.07, 6.45) is 3.45. The van der Waals surface area contributed by atoms with Gasteiger partial charge in [-0.05, 0) is 43.7 Å². The molecule has 1 aliphatic heterocycles. The summed E-state index contributed by atoms with van der Waals surface area (Å²) in [5.41, 5.74) is 3.16. The largest absolute Gasteiger partial charge is 0.474 e. The molecule has 0 bridgehead atoms. The molecule has 0 spiro atoms. The Morgan fingerprint density at radius 3 is 2.59 bits per heavy atom. The molecule has 0 unspecified atom stereocenters. The molecule has 0 amide bonds. The smallest absolute Gasteiger partial charge is 0.250 e. The third-order valence-electron chi connectivity index (χ3n) is 5.24. The number of anilines is 1. The highest BCUT2D eigenvalue weighted by atomic mass is 16.5. The van der Waals surface area contributed by atoms with E-state index in [4.69, 9.17) is 4.74 Å². The number of aryl methyl sites for hydroxylation is 1. The molecule has 0 N–H and O–H groups in total. The van der Waals surface area contributed by atoms with Crippen LogP contribution in [-0.4, -0.2) is 51.7 Å². The van der Waals surface area contributed by atoms with Crippen LogP contribution >= 0.6 is 0 Å². The van der Waals surface area contributed by atoms with Gasteiger partial charge in [-0.25, -0.2) is 9.97 Å². The summed E-state index contributed by atoms with van der Waals surface area (Å²) in [5.74, 6) is 0.635. The normalized spacial score (nSPS) is 15.2. The fourth-order valence-corrected chi connectivity index (χ4v) is 3.65. The number of benzene rings is 1. The van der Waals surface area contributed by atoms with Crippen molar-refractivity contribution in [3.8, 4) is 5.88 Å². The maximum atomic E-state index is 11.8. The topological polar surface area (TPSA) is 63.5 Å². The van der Waals surface area contributed by atoms with Crippen LogP contribution in [0.4, 0.5) is 5.69 Å². The molecule has 3 aromatic rings. The van der Waals surface area contributed by atoms with Crippen LogP contribution in [0.15, 0.2) is 47.7 Å². The highest BCUT2D eigenvalue weighted by Crippen LogP contribution is 2.28. The van der Waals surface area contributed by atoms with Crippen LogP contribution in [0.2, 0.25) is 0 Å². The van der Waals surface area contributed by atoms with Crippen LogP contribution in [0, 0.1) is 0 Å². The molecule has 0 saturated carbocycles. The first-order valence-electron chi connectivity index (χ1n) is 10.0. The molecule has 1 aromatic carbocycles. The number of nitrogens with zero attached hydrogens (tertiary/aromatic N) is 5. The average molecular weight is 393 g/mol. The van der Waals surface area contributed by atoms with Crippen molar-refractivity contribution in [2.75, 3.05) is 31.1 Å². The molecule has 29 heavy (non-hydrogen) atoms. The molecule has 7 nitrogen and oxygen atoms in total. The standard InChI is InChI=1S/C22H27N5O2/c1-16(2)29-22-19-13-18(4-5-20(19)23-15-24-22)27-10-8-26(9-11-27)14-17-6-7-25(3)21(28)12-17/h4-7,12-13,15-16H,8-11,14H2,1-3H3. The Kier molecular flexibility index (Phi) is 5.49. The lowest BCUT2D eigenvalue weighted by Crippen LogP contribution is -2.46. The van der Waals surface area contributed by atoms with Crippen molar-refractivity contribution >= 4 is 16.6 Å². The second kappa shape index (κ2) is 8.21. The number of hydrogen-bond acceptors (Lipinski definition) is 6. The number of piperazine rings is 1. The Balaban J connectivity index is 1.46. The fourth-order valence-electron chi connectivity index (χ4n) is 3.65. The van der Waals surface area contributed by atoms with Gasteiger partial charge in [-0.15, -0.1) is 0 Å². The minimum absolute atomic E-state index is 0.0407. The average Bonchev–Trinajstić information content (AvgIpc) is 2.71. The predicted octanol–water partition coefficient (Wildman–Crippen LogP) is 2.44. The van der Waals surface area contributed by atoms with Gasteiger partial charge < -0.3 is 14.2 Å². The third-order valence-corrected chi connectivity index (χ3v) is 5.24. The molecule has 1 fully saturated rings. The van der Waals surface area contributed by atoms with Gasteiger partial charge in [-0.2, -0.15) is 0 Å². The van der Waals surface area contributed by atoms with Crippen molar-refractivity contribution < 1.29 is 4.74 Å². The van der Waals surface area contributed by atoms with Crippen LogP contribution in [-0.2, 0) is 13.6 Å². The highest BCUT2D eigenvalue weighted by molar-refractivity contribution is 5.86. The Labute approximate surface area is 170 Å². The van der Waals surface area contributed by atoms with Crippen LogP contribution in [0.3, 0.4) is 0 Å². The number of aromatic nitrogens is 3. The quantitative estimate of drug-likeness (QED) is 0.664. The molecule has 1 saturated heterocycles. The second-order valence-electron chi connectivity index (χ2n) is 7.79. The molecule has 3 heterocycles. The summed E-state index contributed by atoms with van der Waals surface area (Å²) >= 11 is 0. The van der Waals surface area contributed by atoms with E-state index in [1.807, 2.05) is 32.2 Å². The molecule has 7 heteroatoms. The summed E-state index contributed by atoms with van der Waals surface area (Å²) in [4.78, 5) is 25.3. The zero-order valence-electron chi connectivity index (χ0n) is 17.2. The Morgan fingerprint density at radius 1 is 1.07 bits per heavy atom. The maximum Gasteiger partial charge on any atom is 0.250 e. The van der Waals surface area contributed by atoms with Gasteiger partial charge in [0.1, 0.15) is 6.33 Å². The number of ether oxygens (including phenoxy) is 1. The minimum Gasteiger partial charge on any atom is -0.474 e. The summed E-state index contributed by atoms with van der Waals surface area (Å²) < 4.78 is 7.47. The molecule has 0 aliphatic carbocycles. The second-order valence-corrected chi connectivity index (χ2v) is 7.79. The van der Waals surface area contributed by atoms with E-state index in [1.54, 1.807) is 24.0 Å². The molecule has 2 aromatic heterocycles. The van der Waals surface area contributed by atoms with E-state index in [9.17, 15) is 4.79 Å². The lowest BCUT2D eigenvalue weighted by molar-refractivity contribution is 0.235. The van der Waals surface area contributed by atoms with Gasteiger partial charge in [0, 0.05) is 57.7 Å². The maximum absolute atomic E-state index is 11.8. The molecule has 0 atom stereocenters. The highest BCUT2D eigenvalue weighted by Gasteiger charge is 2.18. The molecular formula is C22H27N5O2. The fraction of sp³-hybridized carbons (Fsp3) is 0.409. The first-order valence-corrected chi connectivity index (χ1v) is 10.0. The van der Waals surface area contributed by atoms with Crippen molar-refractivity contribution in [3.63, 3.8) is 0 Å². The van der Waals surface area contributed by atoms with E-state index in [1.165, 1.54) is 0 Å². The Bertz CT molecular complexity index is 1050. The first kappa shape index (κ1) is 19.4. The van der Waals surface area contributed by atoms with Crippen molar-refractivity contribution in [2.24, 2.45) is 7.05 Å². The van der Waals surface area contributed by atoms with Crippen LogP contribution < -0.4 is 15.2 Å².